The lowest BCUT2D eigenvalue weighted by Crippen LogP contribution is -2.30. The number of hydrogen-bond acceptors (Lipinski definition) is 1. The van der Waals surface area contributed by atoms with Crippen LogP contribution in [0, 0.1) is 0 Å². The van der Waals surface area contributed by atoms with Crippen LogP contribution in [0.4, 0.5) is 0 Å². The maximum atomic E-state index is 6.12. The summed E-state index contributed by atoms with van der Waals surface area (Å²) in [6.07, 6.45) is 13.8. The molecule has 0 spiro atoms. The van der Waals surface area contributed by atoms with Crippen LogP contribution in [0.5, 0.6) is 0 Å². The Morgan fingerprint density at radius 2 is 1.17 bits per heavy atom. The van der Waals surface area contributed by atoms with Gasteiger partial charge in [0.05, 0.1) is 0 Å². The highest BCUT2D eigenvalue weighted by molar-refractivity contribution is 6.71. The molecule has 0 radical (unpaired) electrons. The van der Waals surface area contributed by atoms with Crippen LogP contribution >= 0.6 is 0 Å². The maximum absolute atomic E-state index is 6.12. The molecule has 0 rings (SSSR count). The van der Waals surface area contributed by atoms with Crippen LogP contribution in [0.15, 0.2) is 0 Å². The van der Waals surface area contributed by atoms with Crippen LogP contribution in [0.1, 0.15) is 78.1 Å². The van der Waals surface area contributed by atoms with E-state index in [2.05, 4.69) is 26.9 Å². The zero-order valence-corrected chi connectivity index (χ0v) is 14.4. The minimum Gasteiger partial charge on any atom is -0.417 e. The molecule has 18 heavy (non-hydrogen) atoms. The van der Waals surface area contributed by atoms with Crippen LogP contribution in [0.25, 0.3) is 0 Å². The van der Waals surface area contributed by atoms with Crippen molar-refractivity contribution in [3.63, 3.8) is 0 Å². The van der Waals surface area contributed by atoms with Crippen molar-refractivity contribution < 1.29 is 4.43 Å². The predicted octanol–water partition coefficient (Wildman–Crippen LogP) is 6.15. The Morgan fingerprint density at radius 1 is 0.667 bits per heavy atom. The highest BCUT2D eigenvalue weighted by Crippen LogP contribution is 2.16. The van der Waals surface area contributed by atoms with E-state index >= 15 is 0 Å². The molecular formula is C16H36OSi. The molecule has 2 heteroatoms. The second-order valence-corrected chi connectivity index (χ2v) is 10.5. The first-order chi connectivity index (χ1) is 8.62. The largest absolute Gasteiger partial charge is 0.417 e. The third-order valence-electron chi connectivity index (χ3n) is 3.62. The topological polar surface area (TPSA) is 9.23 Å². The molecule has 0 amide bonds. The zero-order valence-electron chi connectivity index (χ0n) is 13.4. The molecule has 0 N–H and O–H groups in total. The quantitative estimate of drug-likeness (QED) is 0.289. The van der Waals surface area contributed by atoms with Crippen molar-refractivity contribution in [3.05, 3.63) is 0 Å². The van der Waals surface area contributed by atoms with Crippen molar-refractivity contribution in [2.24, 2.45) is 0 Å². The molecule has 0 aliphatic carbocycles. The van der Waals surface area contributed by atoms with Crippen molar-refractivity contribution >= 4 is 8.32 Å². The molecule has 0 bridgehead atoms. The molecule has 0 fully saturated rings. The van der Waals surface area contributed by atoms with Crippen LogP contribution in [-0.4, -0.2) is 14.9 Å². The summed E-state index contributed by atoms with van der Waals surface area (Å²) >= 11 is 0. The van der Waals surface area contributed by atoms with Gasteiger partial charge in [-0.05, 0) is 25.6 Å². The van der Waals surface area contributed by atoms with Gasteiger partial charge in [-0.2, -0.15) is 0 Å². The van der Waals surface area contributed by atoms with Crippen LogP contribution in [0.3, 0.4) is 0 Å². The fourth-order valence-electron chi connectivity index (χ4n) is 2.26. The lowest BCUT2D eigenvalue weighted by Gasteiger charge is -2.22. The Morgan fingerprint density at radius 3 is 1.72 bits per heavy atom. The molecule has 0 atom stereocenters. The molecule has 110 valence electrons. The molecule has 0 saturated carbocycles. The molecule has 0 heterocycles. The van der Waals surface area contributed by atoms with Crippen LogP contribution in [0.2, 0.25) is 19.1 Å². The van der Waals surface area contributed by atoms with Gasteiger partial charge in [0.25, 0.3) is 0 Å². The summed E-state index contributed by atoms with van der Waals surface area (Å²) in [5.41, 5.74) is 0. The molecular weight excluding hydrogens is 236 g/mol. The summed E-state index contributed by atoms with van der Waals surface area (Å²) in [4.78, 5) is 0. The number of unbranched alkanes of at least 4 members (excludes halogenated alkanes) is 8. The van der Waals surface area contributed by atoms with Crippen LogP contribution in [-0.2, 0) is 4.43 Å². The smallest absolute Gasteiger partial charge is 0.186 e. The highest BCUT2D eigenvalue weighted by atomic mass is 28.4. The van der Waals surface area contributed by atoms with Gasteiger partial charge in [0.15, 0.2) is 8.32 Å². The Kier molecular flexibility index (Phi) is 12.3. The van der Waals surface area contributed by atoms with E-state index < -0.39 is 8.32 Å². The minimum absolute atomic E-state index is 1.01. The fraction of sp³-hybridized carbons (Fsp3) is 1.00. The Bertz CT molecular complexity index is 168. The first-order valence-electron chi connectivity index (χ1n) is 8.26. The predicted molar refractivity (Wildman–Crippen MR) is 85.8 cm³/mol. The van der Waals surface area contributed by atoms with E-state index in [0.717, 1.165) is 6.61 Å². The van der Waals surface area contributed by atoms with Gasteiger partial charge >= 0.3 is 0 Å². The molecule has 0 aliphatic rings. The maximum Gasteiger partial charge on any atom is 0.186 e. The normalized spacial score (nSPS) is 12.0. The SMILES string of the molecule is CCCCCCCCCCO[Si](C)(C)CCCC. The van der Waals surface area contributed by atoms with Gasteiger partial charge in [-0.3, -0.25) is 0 Å². The van der Waals surface area contributed by atoms with Crippen molar-refractivity contribution in [3.8, 4) is 0 Å². The van der Waals surface area contributed by atoms with Crippen molar-refractivity contribution in [2.45, 2.75) is 97.2 Å². The van der Waals surface area contributed by atoms with Gasteiger partial charge < -0.3 is 4.43 Å². The first-order valence-corrected chi connectivity index (χ1v) is 11.4. The molecule has 0 unspecified atom stereocenters. The second kappa shape index (κ2) is 12.2. The van der Waals surface area contributed by atoms with Gasteiger partial charge in [-0.1, -0.05) is 71.6 Å². The molecule has 0 aliphatic heterocycles. The summed E-state index contributed by atoms with van der Waals surface area (Å²) in [5.74, 6) is 0. The zero-order chi connectivity index (χ0) is 13.7. The van der Waals surface area contributed by atoms with Crippen LogP contribution < -0.4 is 0 Å². The standard InChI is InChI=1S/C16H36OSi/c1-5-7-9-10-11-12-13-14-15-17-18(3,4)16-8-6-2/h5-16H2,1-4H3. The fourth-order valence-corrected chi connectivity index (χ4v) is 4.31. The van der Waals surface area contributed by atoms with Gasteiger partial charge in [0.1, 0.15) is 0 Å². The minimum atomic E-state index is -1.31. The molecule has 0 aromatic carbocycles. The van der Waals surface area contributed by atoms with E-state index in [4.69, 9.17) is 4.43 Å². The third-order valence-corrected chi connectivity index (χ3v) is 6.17. The van der Waals surface area contributed by atoms with E-state index in [1.165, 1.54) is 70.3 Å². The van der Waals surface area contributed by atoms with Gasteiger partial charge in [0, 0.05) is 6.61 Å². The van der Waals surface area contributed by atoms with Crippen molar-refractivity contribution in [1.82, 2.24) is 0 Å². The van der Waals surface area contributed by atoms with Gasteiger partial charge in [-0.15, -0.1) is 0 Å². The lowest BCUT2D eigenvalue weighted by molar-refractivity contribution is 0.293. The summed E-state index contributed by atoms with van der Waals surface area (Å²) in [5, 5.41) is 0. The average molecular weight is 273 g/mol. The monoisotopic (exact) mass is 272 g/mol. The molecule has 0 saturated heterocycles. The van der Waals surface area contributed by atoms with Crippen molar-refractivity contribution in [1.29, 1.82) is 0 Å². The molecule has 0 aromatic rings. The Hall–Kier alpha value is 0.177. The van der Waals surface area contributed by atoms with E-state index in [-0.39, 0.29) is 0 Å². The highest BCUT2D eigenvalue weighted by Gasteiger charge is 2.20. The van der Waals surface area contributed by atoms with Crippen molar-refractivity contribution in [2.75, 3.05) is 6.61 Å². The van der Waals surface area contributed by atoms with E-state index in [9.17, 15) is 0 Å². The number of rotatable bonds is 13. The summed E-state index contributed by atoms with van der Waals surface area (Å²) in [6.45, 7) is 10.3. The average Bonchev–Trinajstić information content (AvgIpc) is 2.34. The lowest BCUT2D eigenvalue weighted by atomic mass is 10.1. The third kappa shape index (κ3) is 12.6. The van der Waals surface area contributed by atoms with Gasteiger partial charge in [0.2, 0.25) is 0 Å². The summed E-state index contributed by atoms with van der Waals surface area (Å²) < 4.78 is 6.12. The molecule has 1 nitrogen and oxygen atoms in total. The van der Waals surface area contributed by atoms with E-state index in [1.54, 1.807) is 0 Å². The van der Waals surface area contributed by atoms with Gasteiger partial charge in [-0.25, -0.2) is 0 Å². The van der Waals surface area contributed by atoms with E-state index in [0.29, 0.717) is 0 Å². The summed E-state index contributed by atoms with van der Waals surface area (Å²) in [6, 6.07) is 1.33. The number of hydrogen-bond donors (Lipinski definition) is 0. The Balaban J connectivity index is 3.23. The van der Waals surface area contributed by atoms with E-state index in [1.807, 2.05) is 0 Å². The Labute approximate surface area is 117 Å². The first kappa shape index (κ1) is 18.2. The second-order valence-electron chi connectivity index (χ2n) is 6.19. The summed E-state index contributed by atoms with van der Waals surface area (Å²) in [7, 11) is -1.31. The molecule has 0 aromatic heterocycles.